The fraction of sp³-hybridized carbons (Fsp3) is 0.450. The van der Waals surface area contributed by atoms with E-state index in [0.29, 0.717) is 24.8 Å². The summed E-state index contributed by atoms with van der Waals surface area (Å²) < 4.78 is 11.0. The van der Waals surface area contributed by atoms with Crippen LogP contribution in [0.25, 0.3) is 0 Å². The van der Waals surface area contributed by atoms with E-state index in [2.05, 4.69) is 20.9 Å². The van der Waals surface area contributed by atoms with Crippen molar-refractivity contribution in [2.75, 3.05) is 50.9 Å². The quantitative estimate of drug-likeness (QED) is 0.800. The average molecular weight is 368 g/mol. The van der Waals surface area contributed by atoms with Gasteiger partial charge in [0.2, 0.25) is 0 Å². The fourth-order valence-electron chi connectivity index (χ4n) is 3.46. The van der Waals surface area contributed by atoms with Crippen LogP contribution in [-0.2, 0) is 9.53 Å². The van der Waals surface area contributed by atoms with Crippen molar-refractivity contribution in [3.8, 4) is 5.75 Å². The number of benzene rings is 1. The Morgan fingerprint density at radius 2 is 1.96 bits per heavy atom. The molecule has 3 heterocycles. The first-order chi connectivity index (χ1) is 13.3. The number of piperazine rings is 1. The van der Waals surface area contributed by atoms with Gasteiger partial charge in [0.25, 0.3) is 5.91 Å². The Bertz CT molecular complexity index is 757. The van der Waals surface area contributed by atoms with Crippen LogP contribution in [0.3, 0.4) is 0 Å². The molecule has 1 atom stereocenters. The number of ether oxygens (including phenoxy) is 2. The second-order valence-corrected chi connectivity index (χ2v) is 6.83. The third-order valence-corrected chi connectivity index (χ3v) is 5.08. The second-order valence-electron chi connectivity index (χ2n) is 6.83. The summed E-state index contributed by atoms with van der Waals surface area (Å²) in [5.74, 6) is 2.03. The van der Waals surface area contributed by atoms with Gasteiger partial charge in [-0.25, -0.2) is 9.97 Å². The van der Waals surface area contributed by atoms with Gasteiger partial charge in [-0.15, -0.1) is 0 Å². The molecule has 142 valence electrons. The molecule has 2 fully saturated rings. The molecule has 27 heavy (non-hydrogen) atoms. The molecule has 0 bridgehead atoms. The van der Waals surface area contributed by atoms with Gasteiger partial charge in [-0.05, 0) is 18.6 Å². The predicted octanol–water partition coefficient (Wildman–Crippen LogP) is 1.71. The van der Waals surface area contributed by atoms with Crippen LogP contribution in [0.1, 0.15) is 18.0 Å². The Labute approximate surface area is 158 Å². The molecule has 1 aromatic carbocycles. The average Bonchev–Trinajstić information content (AvgIpc) is 3.28. The van der Waals surface area contributed by atoms with E-state index in [-0.39, 0.29) is 12.5 Å². The maximum Gasteiger partial charge on any atom is 0.260 e. The molecule has 0 unspecified atom stereocenters. The molecule has 1 amide bonds. The summed E-state index contributed by atoms with van der Waals surface area (Å²) in [7, 11) is 0. The third kappa shape index (κ3) is 4.36. The molecule has 0 N–H and O–H groups in total. The van der Waals surface area contributed by atoms with E-state index in [1.54, 1.807) is 6.33 Å². The summed E-state index contributed by atoms with van der Waals surface area (Å²) in [6, 6.07) is 11.5. The second kappa shape index (κ2) is 8.35. The summed E-state index contributed by atoms with van der Waals surface area (Å²) in [5, 5.41) is 0. The number of hydrogen-bond acceptors (Lipinski definition) is 6. The number of amides is 1. The van der Waals surface area contributed by atoms with E-state index < -0.39 is 0 Å². The molecule has 7 heteroatoms. The fourth-order valence-corrected chi connectivity index (χ4v) is 3.46. The van der Waals surface area contributed by atoms with Crippen LogP contribution in [0.2, 0.25) is 0 Å². The number of rotatable bonds is 5. The molecule has 0 spiro atoms. The first kappa shape index (κ1) is 17.7. The lowest BCUT2D eigenvalue weighted by atomic mass is 10.0. The Balaban J connectivity index is 1.29. The molecule has 1 aromatic heterocycles. The van der Waals surface area contributed by atoms with Gasteiger partial charge in [-0.3, -0.25) is 4.79 Å². The van der Waals surface area contributed by atoms with E-state index in [0.717, 1.165) is 44.2 Å². The van der Waals surface area contributed by atoms with E-state index in [4.69, 9.17) is 9.47 Å². The predicted molar refractivity (Wildman–Crippen MR) is 101 cm³/mol. The first-order valence-corrected chi connectivity index (χ1v) is 9.40. The molecule has 2 saturated heterocycles. The minimum Gasteiger partial charge on any atom is -0.484 e. The topological polar surface area (TPSA) is 67.8 Å². The van der Waals surface area contributed by atoms with E-state index >= 15 is 0 Å². The molecule has 0 aliphatic carbocycles. The van der Waals surface area contributed by atoms with Crippen molar-refractivity contribution in [1.82, 2.24) is 14.9 Å². The number of nitrogens with zero attached hydrogens (tertiary/aromatic N) is 4. The van der Waals surface area contributed by atoms with Gasteiger partial charge in [-0.1, -0.05) is 18.2 Å². The number of para-hydroxylation sites is 1. The van der Waals surface area contributed by atoms with Crippen LogP contribution < -0.4 is 9.64 Å². The summed E-state index contributed by atoms with van der Waals surface area (Å²) in [6.45, 7) is 4.47. The number of hydrogen-bond donors (Lipinski definition) is 0. The lowest BCUT2D eigenvalue weighted by molar-refractivity contribution is -0.133. The van der Waals surface area contributed by atoms with E-state index in [1.165, 1.54) is 0 Å². The number of carbonyl (C=O) groups excluding carboxylic acids is 1. The molecule has 2 aromatic rings. The highest BCUT2D eigenvalue weighted by Crippen LogP contribution is 2.25. The normalized spacial score (nSPS) is 19.9. The third-order valence-electron chi connectivity index (χ3n) is 5.08. The molecular weight excluding hydrogens is 344 g/mol. The summed E-state index contributed by atoms with van der Waals surface area (Å²) in [5.41, 5.74) is 1.05. The number of carbonyl (C=O) groups is 1. The Morgan fingerprint density at radius 3 is 2.70 bits per heavy atom. The maximum atomic E-state index is 12.4. The van der Waals surface area contributed by atoms with Gasteiger partial charge >= 0.3 is 0 Å². The highest BCUT2D eigenvalue weighted by atomic mass is 16.5. The standard InChI is InChI=1S/C20H24N4O3/c25-20(14-27-17-4-2-1-3-5-17)24-9-7-23(8-10-24)19-12-18(21-15-22-19)16-6-11-26-13-16/h1-5,12,15-16H,6-11,13-14H2/t16-/m1/s1. The number of anilines is 1. The van der Waals surface area contributed by atoms with Gasteiger partial charge < -0.3 is 19.3 Å². The Morgan fingerprint density at radius 1 is 1.15 bits per heavy atom. The van der Waals surface area contributed by atoms with E-state index in [1.807, 2.05) is 35.2 Å². The molecule has 0 radical (unpaired) electrons. The summed E-state index contributed by atoms with van der Waals surface area (Å²) >= 11 is 0. The lowest BCUT2D eigenvalue weighted by Gasteiger charge is -2.35. The molecule has 0 saturated carbocycles. The lowest BCUT2D eigenvalue weighted by Crippen LogP contribution is -2.50. The zero-order valence-electron chi connectivity index (χ0n) is 15.3. The van der Waals surface area contributed by atoms with Crippen molar-refractivity contribution in [1.29, 1.82) is 0 Å². The van der Waals surface area contributed by atoms with Crippen LogP contribution >= 0.6 is 0 Å². The zero-order valence-corrected chi connectivity index (χ0v) is 15.3. The zero-order chi connectivity index (χ0) is 18.5. The van der Waals surface area contributed by atoms with Crippen molar-refractivity contribution < 1.29 is 14.3 Å². The minimum absolute atomic E-state index is 0.0185. The Kier molecular flexibility index (Phi) is 5.48. The van der Waals surface area contributed by atoms with E-state index in [9.17, 15) is 4.79 Å². The van der Waals surface area contributed by atoms with Crippen LogP contribution in [0, 0.1) is 0 Å². The van der Waals surface area contributed by atoms with Crippen LogP contribution in [0.4, 0.5) is 5.82 Å². The van der Waals surface area contributed by atoms with Crippen molar-refractivity contribution in [2.45, 2.75) is 12.3 Å². The van der Waals surface area contributed by atoms with Crippen molar-refractivity contribution in [2.24, 2.45) is 0 Å². The smallest absolute Gasteiger partial charge is 0.260 e. The molecule has 2 aliphatic rings. The monoisotopic (exact) mass is 368 g/mol. The maximum absolute atomic E-state index is 12.4. The number of aromatic nitrogens is 2. The van der Waals surface area contributed by atoms with Crippen LogP contribution in [0.15, 0.2) is 42.7 Å². The highest BCUT2D eigenvalue weighted by molar-refractivity contribution is 5.78. The van der Waals surface area contributed by atoms with Crippen LogP contribution in [-0.4, -0.2) is 66.8 Å². The SMILES string of the molecule is O=C(COc1ccccc1)N1CCN(c2cc([C@@H]3CCOC3)ncn2)CC1. The van der Waals surface area contributed by atoms with Gasteiger partial charge in [0, 0.05) is 44.8 Å². The van der Waals surface area contributed by atoms with Crippen molar-refractivity contribution in [3.05, 3.63) is 48.4 Å². The van der Waals surface area contributed by atoms with Gasteiger partial charge in [0.15, 0.2) is 6.61 Å². The minimum atomic E-state index is 0.0185. The van der Waals surface area contributed by atoms with Crippen LogP contribution in [0.5, 0.6) is 5.75 Å². The van der Waals surface area contributed by atoms with Crippen molar-refractivity contribution >= 4 is 11.7 Å². The van der Waals surface area contributed by atoms with Gasteiger partial charge in [-0.2, -0.15) is 0 Å². The van der Waals surface area contributed by atoms with Crippen molar-refractivity contribution in [3.63, 3.8) is 0 Å². The molecule has 4 rings (SSSR count). The highest BCUT2D eigenvalue weighted by Gasteiger charge is 2.24. The largest absolute Gasteiger partial charge is 0.484 e. The molecule has 7 nitrogen and oxygen atoms in total. The van der Waals surface area contributed by atoms with Gasteiger partial charge in [0.05, 0.1) is 12.3 Å². The Hall–Kier alpha value is -2.67. The summed E-state index contributed by atoms with van der Waals surface area (Å²) in [6.07, 6.45) is 2.65. The first-order valence-electron chi connectivity index (χ1n) is 9.40. The van der Waals surface area contributed by atoms with Gasteiger partial charge in [0.1, 0.15) is 17.9 Å². The molecular formula is C20H24N4O3. The molecule has 2 aliphatic heterocycles. The summed E-state index contributed by atoms with van der Waals surface area (Å²) in [4.78, 5) is 25.3.